The first-order valence-electron chi connectivity index (χ1n) is 6.12. The Morgan fingerprint density at radius 2 is 1.95 bits per heavy atom. The molecule has 0 aromatic rings. The zero-order valence-electron chi connectivity index (χ0n) is 11.0. The Balaban J connectivity index is 4.77. The molecule has 0 aliphatic rings. The Morgan fingerprint density at radius 1 is 1.37 bits per heavy atom. The standard InChI is InChI=1S/C12H21N3O4/c1-2-11(9-18)14-8-10(7-13)12(19)15(3-5-16)4-6-17/h8,11,14,16-18H,2-6,9H2,1H3/b10-8-. The molecule has 0 fully saturated rings. The fraction of sp³-hybridized carbons (Fsp3) is 0.667. The van der Waals surface area contributed by atoms with Crippen LogP contribution in [0.25, 0.3) is 0 Å². The molecule has 1 unspecified atom stereocenters. The van der Waals surface area contributed by atoms with Crippen LogP contribution >= 0.6 is 0 Å². The number of carbonyl (C=O) groups is 1. The van der Waals surface area contributed by atoms with E-state index in [-0.39, 0.29) is 44.5 Å². The van der Waals surface area contributed by atoms with Gasteiger partial charge >= 0.3 is 0 Å². The largest absolute Gasteiger partial charge is 0.395 e. The van der Waals surface area contributed by atoms with Crippen molar-refractivity contribution in [1.29, 1.82) is 5.26 Å². The van der Waals surface area contributed by atoms with Crippen LogP contribution in [0.2, 0.25) is 0 Å². The number of rotatable bonds is 9. The molecule has 0 radical (unpaired) electrons. The lowest BCUT2D eigenvalue weighted by molar-refractivity contribution is -0.127. The van der Waals surface area contributed by atoms with Crippen LogP contribution in [-0.2, 0) is 4.79 Å². The third-order valence-corrected chi connectivity index (χ3v) is 2.55. The summed E-state index contributed by atoms with van der Waals surface area (Å²) in [6.45, 7) is 1.37. The molecule has 0 aromatic carbocycles. The van der Waals surface area contributed by atoms with E-state index in [0.29, 0.717) is 6.42 Å². The molecule has 0 rings (SSSR count). The Labute approximate surface area is 112 Å². The van der Waals surface area contributed by atoms with Gasteiger partial charge in [-0.25, -0.2) is 0 Å². The zero-order chi connectivity index (χ0) is 14.7. The lowest BCUT2D eigenvalue weighted by Crippen LogP contribution is -2.37. The molecule has 7 heteroatoms. The Bertz CT molecular complexity index is 328. The van der Waals surface area contributed by atoms with Crippen molar-refractivity contribution in [1.82, 2.24) is 10.2 Å². The van der Waals surface area contributed by atoms with Crippen LogP contribution in [0.5, 0.6) is 0 Å². The first-order chi connectivity index (χ1) is 9.14. The Hall–Kier alpha value is -1.62. The first kappa shape index (κ1) is 17.4. The summed E-state index contributed by atoms with van der Waals surface area (Å²) in [5, 5.41) is 38.4. The van der Waals surface area contributed by atoms with Crippen LogP contribution in [-0.4, -0.2) is 65.1 Å². The summed E-state index contributed by atoms with van der Waals surface area (Å²) in [6, 6.07) is 1.54. The van der Waals surface area contributed by atoms with Gasteiger partial charge < -0.3 is 25.5 Å². The van der Waals surface area contributed by atoms with E-state index < -0.39 is 5.91 Å². The lowest BCUT2D eigenvalue weighted by Gasteiger charge is -2.20. The Morgan fingerprint density at radius 3 is 2.32 bits per heavy atom. The maximum atomic E-state index is 12.0. The summed E-state index contributed by atoms with van der Waals surface area (Å²) in [4.78, 5) is 13.1. The highest BCUT2D eigenvalue weighted by Gasteiger charge is 2.17. The lowest BCUT2D eigenvalue weighted by atomic mass is 10.2. The minimum atomic E-state index is -0.564. The van der Waals surface area contributed by atoms with Crippen molar-refractivity contribution >= 4 is 5.91 Å². The zero-order valence-corrected chi connectivity index (χ0v) is 11.0. The van der Waals surface area contributed by atoms with Gasteiger partial charge in [0.1, 0.15) is 11.6 Å². The van der Waals surface area contributed by atoms with Crippen LogP contribution in [0.1, 0.15) is 13.3 Å². The molecule has 0 spiro atoms. The number of hydrogen-bond acceptors (Lipinski definition) is 6. The average Bonchev–Trinajstić information content (AvgIpc) is 2.43. The first-order valence-corrected chi connectivity index (χ1v) is 6.12. The third kappa shape index (κ3) is 6.20. The van der Waals surface area contributed by atoms with E-state index in [0.717, 1.165) is 0 Å². The minimum Gasteiger partial charge on any atom is -0.395 e. The van der Waals surface area contributed by atoms with Gasteiger partial charge in [0.05, 0.1) is 19.8 Å². The molecular formula is C12H21N3O4. The van der Waals surface area contributed by atoms with Gasteiger partial charge in [-0.3, -0.25) is 4.79 Å². The highest BCUT2D eigenvalue weighted by Crippen LogP contribution is 2.01. The fourth-order valence-corrected chi connectivity index (χ4v) is 1.37. The predicted octanol–water partition coefficient (Wildman–Crippen LogP) is -1.43. The van der Waals surface area contributed by atoms with E-state index in [1.807, 2.05) is 6.92 Å². The van der Waals surface area contributed by atoms with Gasteiger partial charge in [0.15, 0.2) is 0 Å². The van der Waals surface area contributed by atoms with Crippen molar-refractivity contribution < 1.29 is 20.1 Å². The number of aliphatic hydroxyl groups is 3. The van der Waals surface area contributed by atoms with Crippen molar-refractivity contribution in [3.05, 3.63) is 11.8 Å². The van der Waals surface area contributed by atoms with Crippen LogP contribution in [0.4, 0.5) is 0 Å². The molecule has 7 nitrogen and oxygen atoms in total. The Kier molecular flexibility index (Phi) is 9.44. The van der Waals surface area contributed by atoms with E-state index in [2.05, 4.69) is 5.32 Å². The van der Waals surface area contributed by atoms with Crippen LogP contribution < -0.4 is 5.32 Å². The van der Waals surface area contributed by atoms with Crippen LogP contribution in [0.3, 0.4) is 0 Å². The molecule has 19 heavy (non-hydrogen) atoms. The van der Waals surface area contributed by atoms with Crippen molar-refractivity contribution in [2.75, 3.05) is 32.9 Å². The van der Waals surface area contributed by atoms with E-state index in [9.17, 15) is 4.79 Å². The molecule has 0 saturated carbocycles. The average molecular weight is 271 g/mol. The summed E-state index contributed by atoms with van der Waals surface area (Å²) >= 11 is 0. The highest BCUT2D eigenvalue weighted by molar-refractivity contribution is 5.97. The van der Waals surface area contributed by atoms with Gasteiger partial charge in [0.25, 0.3) is 5.91 Å². The number of hydrogen-bond donors (Lipinski definition) is 4. The smallest absolute Gasteiger partial charge is 0.266 e. The van der Waals surface area contributed by atoms with Crippen LogP contribution in [0, 0.1) is 11.3 Å². The van der Waals surface area contributed by atoms with E-state index in [1.165, 1.54) is 11.1 Å². The number of nitriles is 1. The predicted molar refractivity (Wildman–Crippen MR) is 68.7 cm³/mol. The van der Waals surface area contributed by atoms with Crippen molar-refractivity contribution in [2.24, 2.45) is 0 Å². The van der Waals surface area contributed by atoms with E-state index in [1.54, 1.807) is 6.07 Å². The van der Waals surface area contributed by atoms with Crippen molar-refractivity contribution in [3.8, 4) is 6.07 Å². The quantitative estimate of drug-likeness (QED) is 0.302. The molecule has 4 N–H and O–H groups in total. The molecule has 0 heterocycles. The van der Waals surface area contributed by atoms with Gasteiger partial charge in [0, 0.05) is 25.3 Å². The second kappa shape index (κ2) is 10.3. The molecule has 1 atom stereocenters. The molecule has 0 aromatic heterocycles. The monoisotopic (exact) mass is 271 g/mol. The number of carbonyl (C=O) groups excluding carboxylic acids is 1. The molecule has 0 bridgehead atoms. The van der Waals surface area contributed by atoms with Crippen LogP contribution in [0.15, 0.2) is 11.8 Å². The van der Waals surface area contributed by atoms with Gasteiger partial charge in [-0.15, -0.1) is 0 Å². The SMILES string of the molecule is CCC(CO)N/C=C(/C#N)C(=O)N(CCO)CCO. The second-order valence-electron chi connectivity index (χ2n) is 3.86. The van der Waals surface area contributed by atoms with E-state index in [4.69, 9.17) is 20.6 Å². The molecular weight excluding hydrogens is 250 g/mol. The number of nitrogens with one attached hydrogen (secondary N) is 1. The number of nitrogens with zero attached hydrogens (tertiary/aromatic N) is 2. The third-order valence-electron chi connectivity index (χ3n) is 2.55. The molecule has 0 aliphatic heterocycles. The molecule has 1 amide bonds. The topological polar surface area (TPSA) is 117 Å². The minimum absolute atomic E-state index is 0.0512. The maximum Gasteiger partial charge on any atom is 0.266 e. The molecule has 108 valence electrons. The van der Waals surface area contributed by atoms with Gasteiger partial charge in [-0.2, -0.15) is 5.26 Å². The second-order valence-corrected chi connectivity index (χ2v) is 3.86. The van der Waals surface area contributed by atoms with Crippen molar-refractivity contribution in [2.45, 2.75) is 19.4 Å². The summed E-state index contributed by atoms with van der Waals surface area (Å²) in [7, 11) is 0. The van der Waals surface area contributed by atoms with Gasteiger partial charge in [0.2, 0.25) is 0 Å². The summed E-state index contributed by atoms with van der Waals surface area (Å²) in [6.07, 6.45) is 1.91. The number of aliphatic hydroxyl groups excluding tert-OH is 3. The van der Waals surface area contributed by atoms with E-state index >= 15 is 0 Å². The van der Waals surface area contributed by atoms with Gasteiger partial charge in [-0.05, 0) is 6.42 Å². The molecule has 0 aliphatic carbocycles. The number of amides is 1. The van der Waals surface area contributed by atoms with Gasteiger partial charge in [-0.1, -0.05) is 6.92 Å². The van der Waals surface area contributed by atoms with Crippen molar-refractivity contribution in [3.63, 3.8) is 0 Å². The maximum absolute atomic E-state index is 12.0. The fourth-order valence-electron chi connectivity index (χ4n) is 1.37. The highest BCUT2D eigenvalue weighted by atomic mass is 16.3. The normalized spacial score (nSPS) is 12.7. The summed E-state index contributed by atoms with van der Waals surface area (Å²) in [5.74, 6) is -0.564. The summed E-state index contributed by atoms with van der Waals surface area (Å²) < 4.78 is 0. The molecule has 0 saturated heterocycles. The summed E-state index contributed by atoms with van der Waals surface area (Å²) in [5.41, 5.74) is -0.131.